The molecule has 0 spiro atoms. The highest BCUT2D eigenvalue weighted by atomic mass is 15.2. The van der Waals surface area contributed by atoms with E-state index in [1.807, 2.05) is 25.0 Å². The Balaban J connectivity index is 2.51. The van der Waals surface area contributed by atoms with Crippen LogP contribution in [0.4, 0.5) is 0 Å². The number of hydrogen-bond donors (Lipinski definition) is 1. The molecule has 1 heterocycles. The van der Waals surface area contributed by atoms with Gasteiger partial charge in [-0.05, 0) is 31.4 Å². The zero-order chi connectivity index (χ0) is 10.6. The number of hydrogen-bond acceptors (Lipinski definition) is 2. The summed E-state index contributed by atoms with van der Waals surface area (Å²) in [5.74, 6) is 0.661. The van der Waals surface area contributed by atoms with Crippen molar-refractivity contribution in [3.63, 3.8) is 0 Å². The Morgan fingerprint density at radius 2 is 2.29 bits per heavy atom. The van der Waals surface area contributed by atoms with Crippen molar-refractivity contribution in [2.75, 3.05) is 7.05 Å². The van der Waals surface area contributed by atoms with Crippen LogP contribution in [0.15, 0.2) is 12.4 Å². The van der Waals surface area contributed by atoms with E-state index in [0.717, 1.165) is 6.42 Å². The first-order valence-corrected chi connectivity index (χ1v) is 5.32. The van der Waals surface area contributed by atoms with Gasteiger partial charge in [0, 0.05) is 19.3 Å². The summed E-state index contributed by atoms with van der Waals surface area (Å²) in [6.45, 7) is 4.51. The molecule has 1 N–H and O–H groups in total. The summed E-state index contributed by atoms with van der Waals surface area (Å²) < 4.78 is 1.86. The largest absolute Gasteiger partial charge is 0.317 e. The van der Waals surface area contributed by atoms with Crippen molar-refractivity contribution in [1.29, 1.82) is 0 Å². The molecule has 3 heteroatoms. The van der Waals surface area contributed by atoms with E-state index in [0.29, 0.717) is 12.0 Å². The first kappa shape index (κ1) is 11.2. The van der Waals surface area contributed by atoms with Gasteiger partial charge in [-0.15, -0.1) is 0 Å². The summed E-state index contributed by atoms with van der Waals surface area (Å²) in [6.07, 6.45) is 6.34. The molecule has 0 aliphatic heterocycles. The van der Waals surface area contributed by atoms with Crippen LogP contribution in [-0.2, 0) is 13.5 Å². The van der Waals surface area contributed by atoms with E-state index in [-0.39, 0.29) is 0 Å². The second-order valence-corrected chi connectivity index (χ2v) is 4.01. The molecule has 80 valence electrons. The maximum Gasteiger partial charge on any atom is 0.0521 e. The van der Waals surface area contributed by atoms with Gasteiger partial charge in [0.1, 0.15) is 0 Å². The maximum absolute atomic E-state index is 4.18. The highest BCUT2D eigenvalue weighted by molar-refractivity contribution is 5.05. The van der Waals surface area contributed by atoms with Crippen LogP contribution in [0.3, 0.4) is 0 Å². The Bertz CT molecular complexity index is 263. The molecule has 0 amide bonds. The Labute approximate surface area is 86.5 Å². The van der Waals surface area contributed by atoms with E-state index >= 15 is 0 Å². The lowest BCUT2D eigenvalue weighted by atomic mass is 9.94. The zero-order valence-electron chi connectivity index (χ0n) is 9.62. The van der Waals surface area contributed by atoms with Crippen LogP contribution in [0.5, 0.6) is 0 Å². The van der Waals surface area contributed by atoms with Gasteiger partial charge in [-0.2, -0.15) is 5.10 Å². The van der Waals surface area contributed by atoms with Crippen molar-refractivity contribution >= 4 is 0 Å². The monoisotopic (exact) mass is 195 g/mol. The van der Waals surface area contributed by atoms with Crippen molar-refractivity contribution in [3.05, 3.63) is 18.0 Å². The van der Waals surface area contributed by atoms with Crippen LogP contribution in [0.1, 0.15) is 25.8 Å². The minimum Gasteiger partial charge on any atom is -0.317 e. The van der Waals surface area contributed by atoms with E-state index in [2.05, 4.69) is 30.5 Å². The van der Waals surface area contributed by atoms with Gasteiger partial charge in [0.25, 0.3) is 0 Å². The molecule has 0 bridgehead atoms. The predicted octanol–water partition coefficient (Wildman–Crippen LogP) is 1.60. The zero-order valence-corrected chi connectivity index (χ0v) is 9.62. The molecule has 0 aromatic carbocycles. The molecule has 0 saturated carbocycles. The van der Waals surface area contributed by atoms with Crippen LogP contribution in [-0.4, -0.2) is 22.9 Å². The molecule has 3 nitrogen and oxygen atoms in total. The number of rotatable bonds is 5. The fourth-order valence-electron chi connectivity index (χ4n) is 1.98. The Kier molecular flexibility index (Phi) is 4.14. The summed E-state index contributed by atoms with van der Waals surface area (Å²) in [6, 6.07) is 0.607. The first-order chi connectivity index (χ1) is 6.67. The van der Waals surface area contributed by atoms with E-state index in [9.17, 15) is 0 Å². The molecule has 2 unspecified atom stereocenters. The second-order valence-electron chi connectivity index (χ2n) is 4.01. The van der Waals surface area contributed by atoms with E-state index in [1.165, 1.54) is 12.0 Å². The molecule has 1 rings (SSSR count). The minimum absolute atomic E-state index is 0.607. The lowest BCUT2D eigenvalue weighted by Crippen LogP contribution is -2.32. The highest BCUT2D eigenvalue weighted by Gasteiger charge is 2.14. The van der Waals surface area contributed by atoms with Crippen LogP contribution in [0.25, 0.3) is 0 Å². The average Bonchev–Trinajstić information content (AvgIpc) is 2.53. The third-order valence-electron chi connectivity index (χ3n) is 2.81. The SMILES string of the molecule is CCC(NC)C(C)Cc1cnn(C)c1. The van der Waals surface area contributed by atoms with Gasteiger partial charge in [0.15, 0.2) is 0 Å². The van der Waals surface area contributed by atoms with E-state index in [4.69, 9.17) is 0 Å². The maximum atomic E-state index is 4.18. The fourth-order valence-corrected chi connectivity index (χ4v) is 1.98. The molecule has 0 aliphatic rings. The molecule has 0 radical (unpaired) electrons. The molecule has 0 aliphatic carbocycles. The quantitative estimate of drug-likeness (QED) is 0.773. The normalized spacial score (nSPS) is 15.4. The average molecular weight is 195 g/mol. The van der Waals surface area contributed by atoms with E-state index < -0.39 is 0 Å². The Hall–Kier alpha value is -0.830. The standard InChI is InChI=1S/C11H21N3/c1-5-11(12-3)9(2)6-10-7-13-14(4)8-10/h7-9,11-12H,5-6H2,1-4H3. The molecular weight excluding hydrogens is 174 g/mol. The van der Waals surface area contributed by atoms with Crippen LogP contribution in [0, 0.1) is 5.92 Å². The summed E-state index contributed by atoms with van der Waals surface area (Å²) >= 11 is 0. The lowest BCUT2D eigenvalue weighted by Gasteiger charge is -2.21. The number of aryl methyl sites for hydroxylation is 1. The molecule has 2 atom stereocenters. The number of aromatic nitrogens is 2. The van der Waals surface area contributed by atoms with Crippen molar-refractivity contribution in [2.24, 2.45) is 13.0 Å². The van der Waals surface area contributed by atoms with Crippen molar-refractivity contribution in [3.8, 4) is 0 Å². The Morgan fingerprint density at radius 1 is 1.57 bits per heavy atom. The van der Waals surface area contributed by atoms with Gasteiger partial charge in [-0.25, -0.2) is 0 Å². The fraction of sp³-hybridized carbons (Fsp3) is 0.727. The minimum atomic E-state index is 0.607. The smallest absolute Gasteiger partial charge is 0.0521 e. The summed E-state index contributed by atoms with van der Waals surface area (Å²) in [7, 11) is 4.00. The molecule has 0 fully saturated rings. The topological polar surface area (TPSA) is 29.9 Å². The van der Waals surface area contributed by atoms with Crippen molar-refractivity contribution < 1.29 is 0 Å². The number of nitrogens with zero attached hydrogens (tertiary/aromatic N) is 2. The molecule has 0 saturated heterocycles. The summed E-state index contributed by atoms with van der Waals surface area (Å²) in [5, 5.41) is 7.53. The van der Waals surface area contributed by atoms with Gasteiger partial charge >= 0.3 is 0 Å². The van der Waals surface area contributed by atoms with Gasteiger partial charge in [-0.1, -0.05) is 13.8 Å². The van der Waals surface area contributed by atoms with Crippen LogP contribution < -0.4 is 5.32 Å². The van der Waals surface area contributed by atoms with Gasteiger partial charge < -0.3 is 5.32 Å². The van der Waals surface area contributed by atoms with Crippen molar-refractivity contribution in [1.82, 2.24) is 15.1 Å². The first-order valence-electron chi connectivity index (χ1n) is 5.32. The molecule has 14 heavy (non-hydrogen) atoms. The highest BCUT2D eigenvalue weighted by Crippen LogP contribution is 2.13. The lowest BCUT2D eigenvalue weighted by molar-refractivity contribution is 0.386. The van der Waals surface area contributed by atoms with E-state index in [1.54, 1.807) is 0 Å². The summed E-state index contributed by atoms with van der Waals surface area (Å²) in [5.41, 5.74) is 1.33. The van der Waals surface area contributed by atoms with Crippen molar-refractivity contribution in [2.45, 2.75) is 32.7 Å². The van der Waals surface area contributed by atoms with Gasteiger partial charge in [-0.3, -0.25) is 4.68 Å². The van der Waals surface area contributed by atoms with Crippen LogP contribution >= 0.6 is 0 Å². The summed E-state index contributed by atoms with van der Waals surface area (Å²) in [4.78, 5) is 0. The van der Waals surface area contributed by atoms with Gasteiger partial charge in [0.05, 0.1) is 6.20 Å². The molecular formula is C11H21N3. The van der Waals surface area contributed by atoms with Gasteiger partial charge in [0.2, 0.25) is 0 Å². The molecule has 1 aromatic rings. The number of nitrogens with one attached hydrogen (secondary N) is 1. The van der Waals surface area contributed by atoms with Crippen LogP contribution in [0.2, 0.25) is 0 Å². The third-order valence-corrected chi connectivity index (χ3v) is 2.81. The Morgan fingerprint density at radius 3 is 2.71 bits per heavy atom. The third kappa shape index (κ3) is 2.84. The molecule has 1 aromatic heterocycles. The predicted molar refractivity (Wildman–Crippen MR) is 59.2 cm³/mol. The second kappa shape index (κ2) is 5.15.